The van der Waals surface area contributed by atoms with Gasteiger partial charge in [0.15, 0.2) is 0 Å². The number of aryl methyl sites for hydroxylation is 1. The molecule has 1 N–H and O–H groups in total. The van der Waals surface area contributed by atoms with E-state index in [0.717, 1.165) is 17.0 Å². The third kappa shape index (κ3) is 4.96. The third-order valence-electron chi connectivity index (χ3n) is 2.45. The molecular formula is C13H21NO3S. The van der Waals surface area contributed by atoms with Crippen molar-refractivity contribution in [3.05, 3.63) is 23.8 Å². The highest BCUT2D eigenvalue weighted by atomic mass is 32.2. The third-order valence-corrected chi connectivity index (χ3v) is 3.56. The van der Waals surface area contributed by atoms with Gasteiger partial charge in [0, 0.05) is 24.1 Å². The number of anilines is 1. The number of hydrogen-bond donors (Lipinski definition) is 1. The number of ether oxygens (including phenoxy) is 1. The number of benzene rings is 1. The molecule has 0 aliphatic carbocycles. The Morgan fingerprint density at radius 1 is 1.39 bits per heavy atom. The van der Waals surface area contributed by atoms with Gasteiger partial charge >= 0.3 is 0 Å². The lowest BCUT2D eigenvalue weighted by molar-refractivity contribution is 0.338. The molecule has 18 heavy (non-hydrogen) atoms. The molecular weight excluding hydrogens is 250 g/mol. The molecule has 1 aromatic carbocycles. The van der Waals surface area contributed by atoms with Gasteiger partial charge in [-0.25, -0.2) is 8.42 Å². The van der Waals surface area contributed by atoms with Gasteiger partial charge < -0.3 is 10.1 Å². The molecule has 1 rings (SSSR count). The minimum atomic E-state index is -2.97. The molecule has 1 atom stereocenters. The summed E-state index contributed by atoms with van der Waals surface area (Å²) in [6.07, 6.45) is 1.24. The van der Waals surface area contributed by atoms with E-state index in [4.69, 9.17) is 4.74 Å². The molecule has 0 heterocycles. The van der Waals surface area contributed by atoms with Gasteiger partial charge in [-0.3, -0.25) is 0 Å². The summed E-state index contributed by atoms with van der Waals surface area (Å²) in [6, 6.07) is 5.66. The van der Waals surface area contributed by atoms with Crippen LogP contribution in [-0.2, 0) is 9.84 Å². The predicted octanol–water partition coefficient (Wildman–Crippen LogP) is 2.24. The summed E-state index contributed by atoms with van der Waals surface area (Å²) in [4.78, 5) is 0. The van der Waals surface area contributed by atoms with Gasteiger partial charge in [-0.05, 0) is 32.4 Å². The molecule has 0 saturated heterocycles. The SMILES string of the molecule is CCOc1cc(NC(C)CS(C)(=O)=O)ccc1C. The van der Waals surface area contributed by atoms with Crippen LogP contribution in [0.4, 0.5) is 5.69 Å². The topological polar surface area (TPSA) is 55.4 Å². The van der Waals surface area contributed by atoms with Crippen molar-refractivity contribution in [3.8, 4) is 5.75 Å². The quantitative estimate of drug-likeness (QED) is 0.862. The largest absolute Gasteiger partial charge is 0.494 e. The number of nitrogens with one attached hydrogen (secondary N) is 1. The second kappa shape index (κ2) is 6.09. The van der Waals surface area contributed by atoms with E-state index in [1.165, 1.54) is 6.26 Å². The van der Waals surface area contributed by atoms with E-state index in [9.17, 15) is 8.42 Å². The summed E-state index contributed by atoms with van der Waals surface area (Å²) in [5.74, 6) is 0.944. The molecule has 0 amide bonds. The van der Waals surface area contributed by atoms with E-state index in [-0.39, 0.29) is 11.8 Å². The van der Waals surface area contributed by atoms with Crippen LogP contribution in [0.1, 0.15) is 19.4 Å². The molecule has 4 nitrogen and oxygen atoms in total. The Morgan fingerprint density at radius 2 is 2.06 bits per heavy atom. The molecule has 5 heteroatoms. The van der Waals surface area contributed by atoms with Crippen molar-refractivity contribution in [3.63, 3.8) is 0 Å². The first-order chi connectivity index (χ1) is 8.31. The van der Waals surface area contributed by atoms with Gasteiger partial charge in [0.2, 0.25) is 0 Å². The van der Waals surface area contributed by atoms with Crippen molar-refractivity contribution in [1.82, 2.24) is 0 Å². The lowest BCUT2D eigenvalue weighted by Gasteiger charge is -2.16. The van der Waals surface area contributed by atoms with Gasteiger partial charge in [0.05, 0.1) is 12.4 Å². The van der Waals surface area contributed by atoms with Crippen LogP contribution >= 0.6 is 0 Å². The molecule has 0 saturated carbocycles. The van der Waals surface area contributed by atoms with Gasteiger partial charge in [-0.1, -0.05) is 6.07 Å². The molecule has 0 aliphatic rings. The zero-order valence-corrected chi connectivity index (χ0v) is 12.2. The fourth-order valence-corrected chi connectivity index (χ4v) is 2.77. The average Bonchev–Trinajstić information content (AvgIpc) is 2.20. The minimum absolute atomic E-state index is 0.116. The summed E-state index contributed by atoms with van der Waals surface area (Å²) in [5, 5.41) is 3.17. The predicted molar refractivity (Wildman–Crippen MR) is 75.1 cm³/mol. The smallest absolute Gasteiger partial charge is 0.149 e. The van der Waals surface area contributed by atoms with Crippen LogP contribution in [0.2, 0.25) is 0 Å². The number of hydrogen-bond acceptors (Lipinski definition) is 4. The lowest BCUT2D eigenvalue weighted by Crippen LogP contribution is -2.24. The van der Waals surface area contributed by atoms with Crippen molar-refractivity contribution in [1.29, 1.82) is 0 Å². The van der Waals surface area contributed by atoms with E-state index in [1.807, 2.05) is 39.0 Å². The first-order valence-electron chi connectivity index (χ1n) is 5.99. The van der Waals surface area contributed by atoms with Crippen molar-refractivity contribution in [2.24, 2.45) is 0 Å². The molecule has 102 valence electrons. The number of sulfone groups is 1. The van der Waals surface area contributed by atoms with E-state index in [0.29, 0.717) is 6.61 Å². The van der Waals surface area contributed by atoms with Crippen LogP contribution < -0.4 is 10.1 Å². The van der Waals surface area contributed by atoms with Crippen molar-refractivity contribution in [2.45, 2.75) is 26.8 Å². The Kier molecular flexibility index (Phi) is 5.02. The summed E-state index contributed by atoms with van der Waals surface area (Å²) >= 11 is 0. The molecule has 1 aromatic rings. The van der Waals surface area contributed by atoms with Crippen LogP contribution in [0, 0.1) is 6.92 Å². The van der Waals surface area contributed by atoms with Gasteiger partial charge in [0.25, 0.3) is 0 Å². The van der Waals surface area contributed by atoms with Crippen LogP contribution in [-0.4, -0.2) is 33.1 Å². The van der Waals surface area contributed by atoms with E-state index >= 15 is 0 Å². The second-order valence-electron chi connectivity index (χ2n) is 4.55. The van der Waals surface area contributed by atoms with Crippen molar-refractivity contribution >= 4 is 15.5 Å². The van der Waals surface area contributed by atoms with E-state index in [2.05, 4.69) is 5.32 Å². The van der Waals surface area contributed by atoms with Crippen LogP contribution in [0.5, 0.6) is 5.75 Å². The molecule has 0 fully saturated rings. The monoisotopic (exact) mass is 271 g/mol. The molecule has 0 aromatic heterocycles. The van der Waals surface area contributed by atoms with Crippen LogP contribution in [0.3, 0.4) is 0 Å². The maximum Gasteiger partial charge on any atom is 0.149 e. The maximum atomic E-state index is 11.2. The Labute approximate surface area is 109 Å². The standard InChI is InChI=1S/C13H21NO3S/c1-5-17-13-8-12(7-6-10(13)2)14-11(3)9-18(4,15)16/h6-8,11,14H,5,9H2,1-4H3. The maximum absolute atomic E-state index is 11.2. The van der Waals surface area contributed by atoms with Crippen LogP contribution in [0.25, 0.3) is 0 Å². The highest BCUT2D eigenvalue weighted by Crippen LogP contribution is 2.23. The second-order valence-corrected chi connectivity index (χ2v) is 6.74. The highest BCUT2D eigenvalue weighted by molar-refractivity contribution is 7.90. The highest BCUT2D eigenvalue weighted by Gasteiger charge is 2.11. The fourth-order valence-electron chi connectivity index (χ4n) is 1.78. The van der Waals surface area contributed by atoms with E-state index < -0.39 is 9.84 Å². The zero-order valence-electron chi connectivity index (χ0n) is 11.4. The summed E-state index contributed by atoms with van der Waals surface area (Å²) in [5.41, 5.74) is 1.94. The fraction of sp³-hybridized carbons (Fsp3) is 0.538. The van der Waals surface area contributed by atoms with Crippen molar-refractivity contribution in [2.75, 3.05) is 23.9 Å². The first kappa shape index (κ1) is 14.8. The number of rotatable bonds is 6. The summed E-state index contributed by atoms with van der Waals surface area (Å²) < 4.78 is 27.9. The molecule has 0 spiro atoms. The first-order valence-corrected chi connectivity index (χ1v) is 8.05. The van der Waals surface area contributed by atoms with Crippen LogP contribution in [0.15, 0.2) is 18.2 Å². The average molecular weight is 271 g/mol. The Bertz CT molecular complexity index is 497. The van der Waals surface area contributed by atoms with E-state index in [1.54, 1.807) is 0 Å². The Morgan fingerprint density at radius 3 is 2.61 bits per heavy atom. The molecule has 0 radical (unpaired) electrons. The lowest BCUT2D eigenvalue weighted by atomic mass is 10.2. The molecule has 0 bridgehead atoms. The van der Waals surface area contributed by atoms with Gasteiger partial charge in [0.1, 0.15) is 15.6 Å². The normalized spacial score (nSPS) is 13.1. The molecule has 0 aliphatic heterocycles. The zero-order chi connectivity index (χ0) is 13.8. The Hall–Kier alpha value is -1.23. The van der Waals surface area contributed by atoms with Crippen molar-refractivity contribution < 1.29 is 13.2 Å². The summed E-state index contributed by atoms with van der Waals surface area (Å²) in [6.45, 7) is 6.38. The minimum Gasteiger partial charge on any atom is -0.494 e. The molecule has 1 unspecified atom stereocenters. The Balaban J connectivity index is 2.76. The van der Waals surface area contributed by atoms with Gasteiger partial charge in [-0.15, -0.1) is 0 Å². The summed E-state index contributed by atoms with van der Waals surface area (Å²) in [7, 11) is -2.97. The van der Waals surface area contributed by atoms with Gasteiger partial charge in [-0.2, -0.15) is 0 Å².